The topological polar surface area (TPSA) is 65.0 Å². The average molecular weight is 625 g/mol. The van der Waals surface area contributed by atoms with E-state index in [1.54, 1.807) is 6.92 Å². The molecule has 0 aliphatic rings. The van der Waals surface area contributed by atoms with Crippen LogP contribution in [0.5, 0.6) is 0 Å². The van der Waals surface area contributed by atoms with Crippen LogP contribution >= 0.6 is 0 Å². The molecule has 0 bridgehead atoms. The first-order valence-corrected chi connectivity index (χ1v) is 22.1. The molecule has 39 heavy (non-hydrogen) atoms. The van der Waals surface area contributed by atoms with Gasteiger partial charge in [-0.2, -0.15) is 0 Å². The maximum absolute atomic E-state index is 10.2. The Morgan fingerprint density at radius 3 is 1.36 bits per heavy atom. The van der Waals surface area contributed by atoms with Crippen LogP contribution in [0.2, 0.25) is 33.9 Å². The van der Waals surface area contributed by atoms with Crippen molar-refractivity contribution in [2.24, 2.45) is 4.99 Å². The molecule has 226 valence electrons. The summed E-state index contributed by atoms with van der Waals surface area (Å²) in [4.78, 5) is 24.0. The van der Waals surface area contributed by atoms with Crippen molar-refractivity contribution in [1.29, 1.82) is 0 Å². The van der Waals surface area contributed by atoms with Gasteiger partial charge in [0.05, 0.1) is 14.2 Å². The van der Waals surface area contributed by atoms with Gasteiger partial charge in [0.2, 0.25) is 0 Å². The number of hydrogen-bond donors (Lipinski definition) is 0. The van der Waals surface area contributed by atoms with Crippen molar-refractivity contribution in [3.63, 3.8) is 0 Å². The van der Waals surface area contributed by atoms with Crippen molar-refractivity contribution in [2.45, 2.75) is 116 Å². The van der Waals surface area contributed by atoms with Crippen LogP contribution in [0.1, 0.15) is 82.6 Å². The van der Waals surface area contributed by atoms with Crippen LogP contribution < -0.4 is 0 Å². The zero-order chi connectivity index (χ0) is 31.9. The molecule has 0 aromatic heterocycles. The monoisotopic (exact) mass is 625 g/mol. The standard InChI is InChI=1S/C9H18Ge.C9H18Si.C5H11N.C5H8O2.C4H6O2/c2*1-5-9-10(6-2,7-3)8-4;1-4-5(2)6-3;1-4(2)5(6)7-3;1-3-4(5)6-2/h2*6-8H2,1-4H3;4H2,1-3H3;1H2,2-3H3;3H,1H2,2H3. The smallest absolute Gasteiger partial charge is 0.0276 e. The summed E-state index contributed by atoms with van der Waals surface area (Å²) in [6.07, 6.45) is 2.19. The Hall–Kier alpha value is -2.03. The number of carbonyl (C=O) groups is 2. The Morgan fingerprint density at radius 2 is 1.31 bits per heavy atom. The van der Waals surface area contributed by atoms with Gasteiger partial charge in [0.15, 0.2) is 0 Å². The molecule has 0 saturated carbocycles. The van der Waals surface area contributed by atoms with Crippen LogP contribution in [0.4, 0.5) is 0 Å². The summed E-state index contributed by atoms with van der Waals surface area (Å²) in [6.45, 7) is 29.9. The minimum atomic E-state index is -1.57. The van der Waals surface area contributed by atoms with Gasteiger partial charge >= 0.3 is 79.3 Å². The number of nitrogens with zero attached hydrogens (tertiary/aromatic N) is 1. The van der Waals surface area contributed by atoms with Crippen LogP contribution in [-0.2, 0) is 19.1 Å². The zero-order valence-electron chi connectivity index (χ0n) is 28.0. The summed E-state index contributed by atoms with van der Waals surface area (Å²) < 4.78 is 11.9. The number of aliphatic imine (C=N–C) groups is 1. The third-order valence-corrected chi connectivity index (χ3v) is 21.6. The normalized spacial score (nSPS) is 9.64. The first kappa shape index (κ1) is 46.8. The van der Waals surface area contributed by atoms with Crippen molar-refractivity contribution < 1.29 is 19.1 Å². The summed E-state index contributed by atoms with van der Waals surface area (Å²) in [7, 11) is 3.38. The second kappa shape index (κ2) is 32.2. The molecule has 0 aromatic rings. The molecule has 0 aromatic carbocycles. The fourth-order valence-corrected chi connectivity index (χ4v) is 10.9. The molecule has 0 N–H and O–H groups in total. The first-order chi connectivity index (χ1) is 18.3. The average Bonchev–Trinajstić information content (AvgIpc) is 2.98. The third kappa shape index (κ3) is 28.8. The summed E-state index contributed by atoms with van der Waals surface area (Å²) in [5, 5.41) is 4.11. The number of methoxy groups -OCH3 is 2. The van der Waals surface area contributed by atoms with Gasteiger partial charge in [-0.1, -0.05) is 40.9 Å². The van der Waals surface area contributed by atoms with Gasteiger partial charge in [0.25, 0.3) is 0 Å². The van der Waals surface area contributed by atoms with E-state index in [4.69, 9.17) is 0 Å². The number of ether oxygens (including phenoxy) is 2. The molecule has 5 nitrogen and oxygen atoms in total. The van der Waals surface area contributed by atoms with E-state index in [0.717, 1.165) is 12.5 Å². The number of hydrogen-bond acceptors (Lipinski definition) is 5. The van der Waals surface area contributed by atoms with Crippen LogP contribution in [0, 0.1) is 22.1 Å². The quantitative estimate of drug-likeness (QED) is 0.0847. The maximum atomic E-state index is 10.2. The van der Waals surface area contributed by atoms with Crippen molar-refractivity contribution in [1.82, 2.24) is 0 Å². The largest absolute Gasteiger partial charge is 0.298 e. The molecular formula is C32H61GeNO4Si. The molecule has 0 heterocycles. The SMILES string of the molecule is C=C(C)C(=O)OC.C=CC(=O)OC.CC#C[Si](CC)(CC)CC.CC#[C][Ge]([CH2]C)([CH2]C)[CH2]C.CCC(C)=NC. The Bertz CT molecular complexity index is 751. The van der Waals surface area contributed by atoms with Gasteiger partial charge < -0.3 is 9.47 Å². The van der Waals surface area contributed by atoms with Gasteiger partial charge in [-0.15, -0.1) is 11.5 Å². The molecule has 0 spiro atoms. The Morgan fingerprint density at radius 1 is 0.872 bits per heavy atom. The summed E-state index contributed by atoms with van der Waals surface area (Å²) in [6, 6.07) is 3.96. The zero-order valence-corrected chi connectivity index (χ0v) is 31.1. The Labute approximate surface area is 247 Å². The minimum absolute atomic E-state index is 0.347. The molecular weight excluding hydrogens is 563 g/mol. The first-order valence-electron chi connectivity index (χ1n) is 14.0. The van der Waals surface area contributed by atoms with Crippen molar-refractivity contribution in [2.75, 3.05) is 21.3 Å². The van der Waals surface area contributed by atoms with E-state index in [1.165, 1.54) is 53.8 Å². The van der Waals surface area contributed by atoms with Gasteiger partial charge in [-0.3, -0.25) is 4.99 Å². The third-order valence-electron chi connectivity index (χ3n) is 6.64. The van der Waals surface area contributed by atoms with Crippen LogP contribution in [-0.4, -0.2) is 60.3 Å². The van der Waals surface area contributed by atoms with E-state index >= 15 is 0 Å². The van der Waals surface area contributed by atoms with Crippen molar-refractivity contribution in [3.05, 3.63) is 24.8 Å². The number of carbonyl (C=O) groups excluding carboxylic acids is 2. The molecule has 0 aliphatic heterocycles. The fourth-order valence-electron chi connectivity index (χ4n) is 2.98. The van der Waals surface area contributed by atoms with Gasteiger partial charge in [0, 0.05) is 24.4 Å². The van der Waals surface area contributed by atoms with Gasteiger partial charge in [0.1, 0.15) is 8.07 Å². The molecule has 0 unspecified atom stereocenters. The van der Waals surface area contributed by atoms with Crippen molar-refractivity contribution in [3.8, 4) is 22.1 Å². The van der Waals surface area contributed by atoms with E-state index in [0.29, 0.717) is 5.57 Å². The number of rotatable bonds is 9. The molecule has 0 amide bonds. The van der Waals surface area contributed by atoms with E-state index in [-0.39, 0.29) is 5.97 Å². The second-order valence-corrected chi connectivity index (χ2v) is 24.0. The van der Waals surface area contributed by atoms with E-state index < -0.39 is 27.3 Å². The maximum Gasteiger partial charge on any atom is 0.0276 e. The molecule has 0 aliphatic carbocycles. The Kier molecular flexibility index (Phi) is 38.6. The van der Waals surface area contributed by atoms with Crippen LogP contribution in [0.3, 0.4) is 0 Å². The number of esters is 2. The summed E-state index contributed by atoms with van der Waals surface area (Å²) in [5.41, 5.74) is 5.08. The van der Waals surface area contributed by atoms with Gasteiger partial charge in [-0.25, -0.2) is 9.59 Å². The molecule has 0 radical (unpaired) electrons. The fraction of sp³-hybridized carbons (Fsp3) is 0.656. The molecule has 0 atom stereocenters. The van der Waals surface area contributed by atoms with Crippen LogP contribution in [0.15, 0.2) is 29.8 Å². The minimum Gasteiger partial charge on any atom is -0.298 e. The molecule has 0 saturated heterocycles. The van der Waals surface area contributed by atoms with E-state index in [9.17, 15) is 9.59 Å². The predicted octanol–water partition coefficient (Wildman–Crippen LogP) is 8.68. The van der Waals surface area contributed by atoms with Crippen molar-refractivity contribution >= 4 is 39.0 Å². The summed E-state index contributed by atoms with van der Waals surface area (Å²) in [5.74, 6) is 5.43. The van der Waals surface area contributed by atoms with Crippen LogP contribution in [0.25, 0.3) is 0 Å². The summed E-state index contributed by atoms with van der Waals surface area (Å²) >= 11 is -1.57. The van der Waals surface area contributed by atoms with Gasteiger partial charge in [-0.05, 0) is 45.3 Å². The second-order valence-electron chi connectivity index (χ2n) is 8.74. The Balaban J connectivity index is -0.000000126. The molecule has 0 fully saturated rings. The van der Waals surface area contributed by atoms with E-state index in [1.807, 2.05) is 27.8 Å². The van der Waals surface area contributed by atoms with E-state index in [2.05, 4.69) is 98.2 Å². The molecule has 7 heteroatoms. The predicted molar refractivity (Wildman–Crippen MR) is 180 cm³/mol. The molecule has 0 rings (SSSR count).